The number of rotatable bonds is 2. The number of aryl methyl sites for hydroxylation is 2. The van der Waals surface area contributed by atoms with Crippen LogP contribution in [0.1, 0.15) is 37.5 Å². The molecule has 1 heterocycles. The van der Waals surface area contributed by atoms with Gasteiger partial charge in [-0.25, -0.2) is 0 Å². The molecule has 0 saturated carbocycles. The summed E-state index contributed by atoms with van der Waals surface area (Å²) in [6, 6.07) is 29.4. The Bertz CT molecular complexity index is 1590. The molecule has 0 bridgehead atoms. The van der Waals surface area contributed by atoms with Crippen LogP contribution in [0.15, 0.2) is 85.1 Å². The van der Waals surface area contributed by atoms with Gasteiger partial charge in [0.1, 0.15) is 0 Å². The van der Waals surface area contributed by atoms with Crippen molar-refractivity contribution in [3.05, 3.63) is 102 Å². The Labute approximate surface area is 208 Å². The van der Waals surface area contributed by atoms with E-state index in [1.54, 1.807) is 0 Å². The van der Waals surface area contributed by atoms with Crippen molar-refractivity contribution in [1.82, 2.24) is 4.98 Å². The summed E-state index contributed by atoms with van der Waals surface area (Å²) in [4.78, 5) is 5.07. The Hall–Kier alpha value is -3.71. The van der Waals surface area contributed by atoms with Crippen LogP contribution in [0.2, 0.25) is 0 Å². The van der Waals surface area contributed by atoms with Crippen molar-refractivity contribution < 1.29 is 0 Å². The van der Waals surface area contributed by atoms with Crippen LogP contribution in [0.4, 0.5) is 0 Å². The van der Waals surface area contributed by atoms with E-state index in [4.69, 9.17) is 4.98 Å². The van der Waals surface area contributed by atoms with Crippen molar-refractivity contribution in [3.8, 4) is 44.6 Å². The Balaban J connectivity index is 1.69. The lowest BCUT2D eigenvalue weighted by Crippen LogP contribution is -2.09. The van der Waals surface area contributed by atoms with Gasteiger partial charge in [0.2, 0.25) is 0 Å². The molecule has 6 rings (SSSR count). The highest BCUT2D eigenvalue weighted by Gasteiger charge is 2.24. The van der Waals surface area contributed by atoms with Crippen molar-refractivity contribution in [2.75, 3.05) is 0 Å². The molecule has 1 nitrogen and oxygen atoms in total. The van der Waals surface area contributed by atoms with Crippen LogP contribution in [0.5, 0.6) is 0 Å². The molecule has 1 aromatic heterocycles. The van der Waals surface area contributed by atoms with Crippen molar-refractivity contribution in [3.63, 3.8) is 0 Å². The molecule has 1 heteroatoms. The van der Waals surface area contributed by atoms with Gasteiger partial charge in [-0.3, -0.25) is 4.98 Å². The third-order valence-electron chi connectivity index (χ3n) is 7.02. The lowest BCUT2D eigenvalue weighted by molar-refractivity contribution is 0.411. The Morgan fingerprint density at radius 1 is 0.629 bits per heavy atom. The Morgan fingerprint density at radius 2 is 1.29 bits per heavy atom. The summed E-state index contributed by atoms with van der Waals surface area (Å²) in [5.74, 6) is 0. The summed E-state index contributed by atoms with van der Waals surface area (Å²) < 4.78 is 0. The molecule has 0 N–H and O–H groups in total. The van der Waals surface area contributed by atoms with E-state index in [0.717, 1.165) is 12.1 Å². The maximum Gasteiger partial charge on any atom is 0.0781 e. The van der Waals surface area contributed by atoms with E-state index in [2.05, 4.69) is 120 Å². The molecule has 0 fully saturated rings. The molecular weight excluding hydrogens is 422 g/mol. The molecule has 1 aliphatic carbocycles. The van der Waals surface area contributed by atoms with Crippen LogP contribution in [0.25, 0.3) is 55.4 Å². The monoisotopic (exact) mass is 453 g/mol. The maximum absolute atomic E-state index is 5.07. The second-order valence-corrected chi connectivity index (χ2v) is 11.3. The van der Waals surface area contributed by atoms with Gasteiger partial charge in [-0.15, -0.1) is 0 Å². The van der Waals surface area contributed by atoms with Gasteiger partial charge in [0.15, 0.2) is 0 Å². The van der Waals surface area contributed by atoms with Crippen LogP contribution >= 0.6 is 0 Å². The number of hydrogen-bond donors (Lipinski definition) is 0. The molecule has 0 saturated heterocycles. The average Bonchev–Trinajstić information content (AvgIpc) is 2.92. The highest BCUT2D eigenvalue weighted by molar-refractivity contribution is 6.15. The first-order valence-corrected chi connectivity index (χ1v) is 12.5. The fourth-order valence-corrected chi connectivity index (χ4v) is 5.80. The zero-order valence-electron chi connectivity index (χ0n) is 21.2. The van der Waals surface area contributed by atoms with Crippen LogP contribution in [-0.4, -0.2) is 4.98 Å². The quantitative estimate of drug-likeness (QED) is 0.254. The van der Waals surface area contributed by atoms with E-state index in [1.165, 1.54) is 66.4 Å². The van der Waals surface area contributed by atoms with Crippen molar-refractivity contribution in [2.24, 2.45) is 5.41 Å². The minimum Gasteiger partial charge on any atom is -0.255 e. The molecule has 0 unspecified atom stereocenters. The Kier molecular flexibility index (Phi) is 4.93. The number of hydrogen-bond acceptors (Lipinski definition) is 1. The normalized spacial score (nSPS) is 12.3. The summed E-state index contributed by atoms with van der Waals surface area (Å²) in [5, 5.41) is 2.51. The van der Waals surface area contributed by atoms with Gasteiger partial charge in [-0.1, -0.05) is 98.6 Å². The number of aromatic nitrogens is 1. The van der Waals surface area contributed by atoms with Crippen molar-refractivity contribution >= 4 is 10.8 Å². The van der Waals surface area contributed by atoms with Crippen LogP contribution in [0.3, 0.4) is 0 Å². The summed E-state index contributed by atoms with van der Waals surface area (Å²) >= 11 is 0. The third-order valence-corrected chi connectivity index (χ3v) is 7.02. The van der Waals surface area contributed by atoms with E-state index < -0.39 is 0 Å². The first-order valence-electron chi connectivity index (χ1n) is 12.5. The van der Waals surface area contributed by atoms with Gasteiger partial charge in [-0.2, -0.15) is 0 Å². The predicted molar refractivity (Wildman–Crippen MR) is 150 cm³/mol. The van der Waals surface area contributed by atoms with Crippen LogP contribution in [-0.2, 0) is 6.42 Å². The van der Waals surface area contributed by atoms with Crippen LogP contribution in [0, 0.1) is 19.3 Å². The molecular formula is C34H31N. The van der Waals surface area contributed by atoms with E-state index >= 15 is 0 Å². The highest BCUT2D eigenvalue weighted by atomic mass is 14.7. The zero-order chi connectivity index (χ0) is 24.3. The third kappa shape index (κ3) is 3.76. The van der Waals surface area contributed by atoms with E-state index in [1.807, 2.05) is 0 Å². The zero-order valence-corrected chi connectivity index (χ0v) is 21.2. The van der Waals surface area contributed by atoms with Crippen LogP contribution < -0.4 is 0 Å². The molecule has 0 aliphatic heterocycles. The molecule has 5 aromatic rings. The molecule has 4 aromatic carbocycles. The van der Waals surface area contributed by atoms with Gasteiger partial charge in [0.05, 0.1) is 5.69 Å². The second kappa shape index (κ2) is 7.92. The summed E-state index contributed by atoms with van der Waals surface area (Å²) in [6.45, 7) is 11.2. The number of nitrogens with zero attached hydrogens (tertiary/aromatic N) is 1. The standard InChI is InChI=1S/C34H31N/c1-21-15-22(2)17-24(16-21)33-29-12-8-11-28-27-14-13-23(19-34(3,4)5)18-30(27)25-9-6-7-10-26(25)31(20-35-33)32(28)29/h6-18,20H,19H2,1-5H3. The first-order chi connectivity index (χ1) is 16.8. The van der Waals surface area contributed by atoms with Gasteiger partial charge in [-0.05, 0) is 71.2 Å². The van der Waals surface area contributed by atoms with E-state index in [9.17, 15) is 0 Å². The molecule has 172 valence electrons. The second-order valence-electron chi connectivity index (χ2n) is 11.3. The molecule has 0 amide bonds. The minimum absolute atomic E-state index is 0.242. The topological polar surface area (TPSA) is 12.9 Å². The average molecular weight is 454 g/mol. The fourth-order valence-electron chi connectivity index (χ4n) is 5.80. The summed E-state index contributed by atoms with van der Waals surface area (Å²) in [6.07, 6.45) is 3.15. The molecule has 0 atom stereocenters. The SMILES string of the molecule is Cc1cc(C)cc(-c2ncc3c4c(cccc24)-c2ccc(CC(C)(C)C)cc2-c2ccccc2-3)c1. The molecule has 35 heavy (non-hydrogen) atoms. The summed E-state index contributed by atoms with van der Waals surface area (Å²) in [7, 11) is 0. The highest BCUT2D eigenvalue weighted by Crippen LogP contribution is 2.49. The smallest absolute Gasteiger partial charge is 0.0781 e. The lowest BCUT2D eigenvalue weighted by Gasteiger charge is -2.20. The largest absolute Gasteiger partial charge is 0.255 e. The van der Waals surface area contributed by atoms with E-state index in [-0.39, 0.29) is 5.41 Å². The van der Waals surface area contributed by atoms with Gasteiger partial charge >= 0.3 is 0 Å². The molecule has 0 spiro atoms. The lowest BCUT2D eigenvalue weighted by atomic mass is 9.85. The summed E-state index contributed by atoms with van der Waals surface area (Å²) in [5.41, 5.74) is 14.1. The van der Waals surface area contributed by atoms with E-state index in [0.29, 0.717) is 0 Å². The number of fused-ring (bicyclic) bond motifs is 5. The van der Waals surface area contributed by atoms with Crippen molar-refractivity contribution in [1.29, 1.82) is 0 Å². The van der Waals surface area contributed by atoms with Crippen molar-refractivity contribution in [2.45, 2.75) is 41.0 Å². The molecule has 0 radical (unpaired) electrons. The first kappa shape index (κ1) is 21.8. The van der Waals surface area contributed by atoms with Gasteiger partial charge in [0.25, 0.3) is 0 Å². The van der Waals surface area contributed by atoms with Gasteiger partial charge in [0, 0.05) is 28.1 Å². The fraction of sp³-hybridized carbons (Fsp3) is 0.206. The molecule has 1 aliphatic rings. The van der Waals surface area contributed by atoms with Gasteiger partial charge < -0.3 is 0 Å². The number of benzene rings is 4. The number of pyridine rings is 1. The Morgan fingerprint density at radius 3 is 2.00 bits per heavy atom. The maximum atomic E-state index is 5.07. The minimum atomic E-state index is 0.242. The predicted octanol–water partition coefficient (Wildman–Crippen LogP) is 9.42.